The molecule has 2 rings (SSSR count). The maximum Gasteiger partial charge on any atom is 0.286 e. The van der Waals surface area contributed by atoms with Crippen molar-refractivity contribution in [1.82, 2.24) is 10.5 Å². The van der Waals surface area contributed by atoms with Crippen molar-refractivity contribution in [3.8, 4) is 0 Å². The standard InChI is InChI=1S/C6H8N2O3/c9-3-1-7-2-4-5(3)6(10)8-11-4/h3,7,9H,1-2H2,(H,8,10). The van der Waals surface area contributed by atoms with E-state index in [9.17, 15) is 9.90 Å². The molecule has 1 aromatic heterocycles. The van der Waals surface area contributed by atoms with Gasteiger partial charge in [-0.1, -0.05) is 0 Å². The van der Waals surface area contributed by atoms with E-state index >= 15 is 0 Å². The lowest BCUT2D eigenvalue weighted by atomic mass is 10.1. The highest BCUT2D eigenvalue weighted by Gasteiger charge is 2.24. The SMILES string of the molecule is O=c1[nH]oc2c1C(O)CNC2. The van der Waals surface area contributed by atoms with E-state index in [0.717, 1.165) is 0 Å². The molecule has 0 amide bonds. The van der Waals surface area contributed by atoms with Crippen LogP contribution in [0.3, 0.4) is 0 Å². The predicted octanol–water partition coefficient (Wildman–Crippen LogP) is -0.896. The summed E-state index contributed by atoms with van der Waals surface area (Å²) in [4.78, 5) is 10.9. The second kappa shape index (κ2) is 2.21. The summed E-state index contributed by atoms with van der Waals surface area (Å²) < 4.78 is 4.80. The normalized spacial score (nSPS) is 23.2. The Balaban J connectivity index is 2.56. The Labute approximate surface area is 62.0 Å². The van der Waals surface area contributed by atoms with Gasteiger partial charge in [0.05, 0.1) is 12.1 Å². The number of fused-ring (bicyclic) bond motifs is 1. The minimum Gasteiger partial charge on any atom is -0.387 e. The Bertz CT molecular complexity index is 314. The first-order valence-corrected chi connectivity index (χ1v) is 3.38. The van der Waals surface area contributed by atoms with Gasteiger partial charge in [-0.15, -0.1) is 0 Å². The number of aromatic amines is 1. The van der Waals surface area contributed by atoms with Crippen LogP contribution >= 0.6 is 0 Å². The molecule has 1 atom stereocenters. The molecule has 60 valence electrons. The van der Waals surface area contributed by atoms with Crippen LogP contribution in [0.5, 0.6) is 0 Å². The number of aromatic nitrogens is 1. The minimum atomic E-state index is -0.735. The van der Waals surface area contributed by atoms with Crippen molar-refractivity contribution < 1.29 is 9.63 Å². The van der Waals surface area contributed by atoms with E-state index in [-0.39, 0.29) is 5.56 Å². The second-order valence-electron chi connectivity index (χ2n) is 2.52. The molecule has 1 aliphatic rings. The van der Waals surface area contributed by atoms with Crippen molar-refractivity contribution >= 4 is 0 Å². The average molecular weight is 156 g/mol. The molecule has 0 bridgehead atoms. The van der Waals surface area contributed by atoms with Gasteiger partial charge in [-0.05, 0) is 0 Å². The molecule has 1 aromatic rings. The van der Waals surface area contributed by atoms with Crippen LogP contribution < -0.4 is 10.9 Å². The molecule has 2 heterocycles. The van der Waals surface area contributed by atoms with E-state index in [1.807, 2.05) is 0 Å². The van der Waals surface area contributed by atoms with Gasteiger partial charge in [-0.3, -0.25) is 4.79 Å². The number of aliphatic hydroxyl groups excluding tert-OH is 1. The summed E-state index contributed by atoms with van der Waals surface area (Å²) in [6, 6.07) is 0. The van der Waals surface area contributed by atoms with Crippen molar-refractivity contribution in [3.63, 3.8) is 0 Å². The molecule has 0 spiro atoms. The molecule has 5 heteroatoms. The van der Waals surface area contributed by atoms with Crippen molar-refractivity contribution in [2.24, 2.45) is 0 Å². The van der Waals surface area contributed by atoms with Crippen LogP contribution in [0, 0.1) is 0 Å². The third-order valence-electron chi connectivity index (χ3n) is 1.77. The fourth-order valence-electron chi connectivity index (χ4n) is 1.24. The Morgan fingerprint density at radius 3 is 3.18 bits per heavy atom. The lowest BCUT2D eigenvalue weighted by molar-refractivity contribution is 0.159. The first-order chi connectivity index (χ1) is 5.29. The summed E-state index contributed by atoms with van der Waals surface area (Å²) in [7, 11) is 0. The van der Waals surface area contributed by atoms with E-state index in [4.69, 9.17) is 4.52 Å². The maximum absolute atomic E-state index is 10.9. The molecule has 0 aromatic carbocycles. The zero-order valence-electron chi connectivity index (χ0n) is 5.76. The van der Waals surface area contributed by atoms with Crippen LogP contribution in [0.4, 0.5) is 0 Å². The van der Waals surface area contributed by atoms with E-state index in [2.05, 4.69) is 10.5 Å². The van der Waals surface area contributed by atoms with Crippen molar-refractivity contribution in [2.75, 3.05) is 6.54 Å². The largest absolute Gasteiger partial charge is 0.387 e. The number of aliphatic hydroxyl groups is 1. The molecule has 1 aliphatic heterocycles. The van der Waals surface area contributed by atoms with Crippen LogP contribution in [0.2, 0.25) is 0 Å². The number of hydrogen-bond donors (Lipinski definition) is 3. The Hall–Kier alpha value is -1.07. The summed E-state index contributed by atoms with van der Waals surface area (Å²) in [6.45, 7) is 0.917. The van der Waals surface area contributed by atoms with E-state index in [0.29, 0.717) is 24.4 Å². The maximum atomic E-state index is 10.9. The molecule has 5 nitrogen and oxygen atoms in total. The Kier molecular flexibility index (Phi) is 1.33. The number of nitrogens with one attached hydrogen (secondary N) is 2. The van der Waals surface area contributed by atoms with E-state index in [1.165, 1.54) is 0 Å². The molecule has 0 aliphatic carbocycles. The Morgan fingerprint density at radius 2 is 2.45 bits per heavy atom. The number of β-amino-alcohol motifs (C(OH)–C–C–N with tert-alkyl or cyclic N) is 1. The van der Waals surface area contributed by atoms with E-state index in [1.54, 1.807) is 0 Å². The minimum absolute atomic E-state index is 0.325. The van der Waals surface area contributed by atoms with Crippen molar-refractivity contribution in [2.45, 2.75) is 12.6 Å². The van der Waals surface area contributed by atoms with Gasteiger partial charge in [0.15, 0.2) is 5.76 Å². The van der Waals surface area contributed by atoms with Gasteiger partial charge < -0.3 is 14.9 Å². The highest BCUT2D eigenvalue weighted by Crippen LogP contribution is 2.16. The lowest BCUT2D eigenvalue weighted by Crippen LogP contribution is -2.30. The van der Waals surface area contributed by atoms with E-state index < -0.39 is 6.10 Å². The van der Waals surface area contributed by atoms with Crippen LogP contribution in [0.1, 0.15) is 17.4 Å². The second-order valence-corrected chi connectivity index (χ2v) is 2.52. The monoisotopic (exact) mass is 156 g/mol. The topological polar surface area (TPSA) is 78.3 Å². The third kappa shape index (κ3) is 0.892. The summed E-state index contributed by atoms with van der Waals surface area (Å²) in [5.74, 6) is 0.508. The number of rotatable bonds is 0. The first-order valence-electron chi connectivity index (χ1n) is 3.38. The molecule has 0 fully saturated rings. The highest BCUT2D eigenvalue weighted by molar-refractivity contribution is 5.19. The van der Waals surface area contributed by atoms with Crippen molar-refractivity contribution in [1.29, 1.82) is 0 Å². The van der Waals surface area contributed by atoms with Gasteiger partial charge in [-0.2, -0.15) is 5.16 Å². The summed E-state index contributed by atoms with van der Waals surface area (Å²) in [5, 5.41) is 14.4. The number of hydrogen-bond acceptors (Lipinski definition) is 4. The fourth-order valence-corrected chi connectivity index (χ4v) is 1.24. The molecule has 0 saturated carbocycles. The summed E-state index contributed by atoms with van der Waals surface area (Å²) in [5.41, 5.74) is 0.0396. The van der Waals surface area contributed by atoms with Gasteiger partial charge in [-0.25, -0.2) is 0 Å². The van der Waals surface area contributed by atoms with Crippen LogP contribution in [0.25, 0.3) is 0 Å². The Morgan fingerprint density at radius 1 is 1.64 bits per heavy atom. The molecule has 0 radical (unpaired) electrons. The molecular formula is C6H8N2O3. The van der Waals surface area contributed by atoms with Crippen LogP contribution in [-0.2, 0) is 6.54 Å². The van der Waals surface area contributed by atoms with Gasteiger partial charge in [0.1, 0.15) is 6.10 Å². The summed E-state index contributed by atoms with van der Waals surface area (Å²) in [6.07, 6.45) is -0.735. The molecular weight excluding hydrogens is 148 g/mol. The van der Waals surface area contributed by atoms with Crippen LogP contribution in [0.15, 0.2) is 9.32 Å². The van der Waals surface area contributed by atoms with Crippen molar-refractivity contribution in [3.05, 3.63) is 21.7 Å². The van der Waals surface area contributed by atoms with Gasteiger partial charge in [0, 0.05) is 6.54 Å². The molecule has 0 saturated heterocycles. The smallest absolute Gasteiger partial charge is 0.286 e. The number of H-pyrrole nitrogens is 1. The molecule has 1 unspecified atom stereocenters. The predicted molar refractivity (Wildman–Crippen MR) is 36.0 cm³/mol. The summed E-state index contributed by atoms with van der Waals surface area (Å²) >= 11 is 0. The third-order valence-corrected chi connectivity index (χ3v) is 1.77. The van der Waals surface area contributed by atoms with Gasteiger partial charge in [0.25, 0.3) is 5.56 Å². The average Bonchev–Trinajstić information content (AvgIpc) is 2.34. The molecule has 3 N–H and O–H groups in total. The zero-order chi connectivity index (χ0) is 7.84. The fraction of sp³-hybridized carbons (Fsp3) is 0.500. The van der Waals surface area contributed by atoms with Crippen LogP contribution in [-0.4, -0.2) is 16.8 Å². The van der Waals surface area contributed by atoms with Gasteiger partial charge in [0.2, 0.25) is 0 Å². The lowest BCUT2D eigenvalue weighted by Gasteiger charge is -2.14. The quantitative estimate of drug-likeness (QED) is 0.455. The zero-order valence-corrected chi connectivity index (χ0v) is 5.76. The highest BCUT2D eigenvalue weighted by atomic mass is 16.5. The first kappa shape index (κ1) is 6.63. The van der Waals surface area contributed by atoms with Gasteiger partial charge >= 0.3 is 0 Å². The molecule has 11 heavy (non-hydrogen) atoms.